The van der Waals surface area contributed by atoms with E-state index >= 15 is 0 Å². The molecular weight excluding hydrogens is 425 g/mol. The molecule has 1 atom stereocenters. The maximum Gasteiger partial charge on any atom is 0.251 e. The van der Waals surface area contributed by atoms with E-state index in [2.05, 4.69) is 9.80 Å². The first-order chi connectivity index (χ1) is 14.3. The predicted molar refractivity (Wildman–Crippen MR) is 118 cm³/mol. The van der Waals surface area contributed by atoms with Gasteiger partial charge in [0.2, 0.25) is 5.91 Å². The number of halogens is 2. The lowest BCUT2D eigenvalue weighted by Gasteiger charge is -2.38. The lowest BCUT2D eigenvalue weighted by molar-refractivity contribution is -0.123. The molecule has 0 radical (unpaired) electrons. The van der Waals surface area contributed by atoms with Gasteiger partial charge in [0.15, 0.2) is 5.78 Å². The highest BCUT2D eigenvalue weighted by molar-refractivity contribution is 6.38. The molecular formula is C22H21Cl2N3O3. The summed E-state index contributed by atoms with van der Waals surface area (Å²) in [4.78, 5) is 42.5. The number of Topliss-reactive ketones (excluding diaryl/α,β-unsaturated/α-hetero) is 1. The monoisotopic (exact) mass is 445 g/mol. The summed E-state index contributed by atoms with van der Waals surface area (Å²) in [5.41, 5.74) is 2.11. The van der Waals surface area contributed by atoms with Gasteiger partial charge in [0.25, 0.3) is 5.91 Å². The summed E-state index contributed by atoms with van der Waals surface area (Å²) in [5, 5.41) is 0.732. The summed E-state index contributed by atoms with van der Waals surface area (Å²) in [6, 6.07) is 11.8. The molecule has 8 heteroatoms. The standard InChI is InChI=1S/C22H21Cl2N3O3/c1-14(28)15-2-5-17(6-3-15)25-8-10-26(11-9-25)20-13-21(29)27(22(20)30)19-7-4-16(23)12-18(19)24/h2-7,12,20H,8-11,13H2,1H3/t20-/m1/s1. The third-order valence-corrected chi connectivity index (χ3v) is 6.21. The van der Waals surface area contributed by atoms with Crippen molar-refractivity contribution < 1.29 is 14.4 Å². The van der Waals surface area contributed by atoms with Gasteiger partial charge in [-0.1, -0.05) is 23.2 Å². The van der Waals surface area contributed by atoms with Crippen molar-refractivity contribution in [2.24, 2.45) is 0 Å². The van der Waals surface area contributed by atoms with Gasteiger partial charge in [-0.25, -0.2) is 4.90 Å². The van der Waals surface area contributed by atoms with Crippen molar-refractivity contribution in [3.8, 4) is 0 Å². The Morgan fingerprint density at radius 2 is 1.63 bits per heavy atom. The normalized spacial score (nSPS) is 20.2. The van der Waals surface area contributed by atoms with Crippen molar-refractivity contribution in [2.45, 2.75) is 19.4 Å². The van der Waals surface area contributed by atoms with Crippen molar-refractivity contribution in [3.05, 3.63) is 58.1 Å². The van der Waals surface area contributed by atoms with E-state index in [1.165, 1.54) is 11.0 Å². The third kappa shape index (κ3) is 3.95. The quantitative estimate of drug-likeness (QED) is 0.530. The summed E-state index contributed by atoms with van der Waals surface area (Å²) >= 11 is 12.2. The van der Waals surface area contributed by atoms with Gasteiger partial charge in [0.05, 0.1) is 23.2 Å². The number of benzene rings is 2. The molecule has 2 aliphatic heterocycles. The van der Waals surface area contributed by atoms with Crippen LogP contribution >= 0.6 is 23.2 Å². The van der Waals surface area contributed by atoms with Crippen LogP contribution in [0, 0.1) is 0 Å². The molecule has 0 saturated carbocycles. The number of nitrogens with zero attached hydrogens (tertiary/aromatic N) is 3. The molecule has 2 heterocycles. The second kappa shape index (κ2) is 8.38. The molecule has 156 valence electrons. The third-order valence-electron chi connectivity index (χ3n) is 5.67. The van der Waals surface area contributed by atoms with Crippen LogP contribution in [0.1, 0.15) is 23.7 Å². The number of carbonyl (C=O) groups is 3. The van der Waals surface area contributed by atoms with E-state index in [1.807, 2.05) is 24.3 Å². The van der Waals surface area contributed by atoms with Crippen LogP contribution in [0.15, 0.2) is 42.5 Å². The second-order valence-electron chi connectivity index (χ2n) is 7.51. The number of rotatable bonds is 4. The number of carbonyl (C=O) groups excluding carboxylic acids is 3. The van der Waals surface area contributed by atoms with Gasteiger partial charge < -0.3 is 4.90 Å². The van der Waals surface area contributed by atoms with E-state index < -0.39 is 6.04 Å². The Morgan fingerprint density at radius 3 is 2.23 bits per heavy atom. The van der Waals surface area contributed by atoms with Crippen molar-refractivity contribution in [2.75, 3.05) is 36.0 Å². The largest absolute Gasteiger partial charge is 0.369 e. The number of hydrogen-bond donors (Lipinski definition) is 0. The summed E-state index contributed by atoms with van der Waals surface area (Å²) in [6.07, 6.45) is 0.144. The Kier molecular flexibility index (Phi) is 5.82. The molecule has 2 amide bonds. The van der Waals surface area contributed by atoms with Crippen molar-refractivity contribution in [1.82, 2.24) is 4.90 Å². The summed E-state index contributed by atoms with van der Waals surface area (Å²) in [7, 11) is 0. The average Bonchev–Trinajstić information content (AvgIpc) is 3.02. The first-order valence-corrected chi connectivity index (χ1v) is 10.5. The maximum atomic E-state index is 13.0. The number of anilines is 2. The van der Waals surface area contributed by atoms with Crippen LogP contribution in [0.25, 0.3) is 0 Å². The Labute approximate surface area is 184 Å². The fraction of sp³-hybridized carbons (Fsp3) is 0.318. The van der Waals surface area contributed by atoms with Gasteiger partial charge in [-0.3, -0.25) is 19.3 Å². The highest BCUT2D eigenvalue weighted by atomic mass is 35.5. The Morgan fingerprint density at radius 1 is 0.967 bits per heavy atom. The Balaban J connectivity index is 1.43. The zero-order valence-corrected chi connectivity index (χ0v) is 18.0. The average molecular weight is 446 g/mol. The molecule has 2 saturated heterocycles. The second-order valence-corrected chi connectivity index (χ2v) is 8.35. The molecule has 0 bridgehead atoms. The molecule has 0 aromatic heterocycles. The highest BCUT2D eigenvalue weighted by Crippen LogP contribution is 2.33. The molecule has 30 heavy (non-hydrogen) atoms. The van der Waals surface area contributed by atoms with Crippen LogP contribution in [0.2, 0.25) is 10.0 Å². The van der Waals surface area contributed by atoms with Crippen molar-refractivity contribution in [3.63, 3.8) is 0 Å². The van der Waals surface area contributed by atoms with Gasteiger partial charge in [-0.2, -0.15) is 0 Å². The Bertz CT molecular complexity index is 1000. The fourth-order valence-electron chi connectivity index (χ4n) is 4.02. The SMILES string of the molecule is CC(=O)c1ccc(N2CCN([C@@H]3CC(=O)N(c4ccc(Cl)cc4Cl)C3=O)CC2)cc1. The minimum absolute atomic E-state index is 0.0427. The zero-order chi connectivity index (χ0) is 21.4. The lowest BCUT2D eigenvalue weighted by atomic mass is 10.1. The van der Waals surface area contributed by atoms with E-state index in [1.54, 1.807) is 19.1 Å². The first kappa shape index (κ1) is 20.8. The van der Waals surface area contributed by atoms with Gasteiger partial charge >= 0.3 is 0 Å². The molecule has 0 aliphatic carbocycles. The molecule has 0 unspecified atom stereocenters. The van der Waals surface area contributed by atoms with Crippen molar-refractivity contribution >= 4 is 52.2 Å². The van der Waals surface area contributed by atoms with E-state index in [0.717, 1.165) is 18.8 Å². The lowest BCUT2D eigenvalue weighted by Crippen LogP contribution is -2.52. The van der Waals surface area contributed by atoms with Crippen LogP contribution in [0.5, 0.6) is 0 Å². The van der Waals surface area contributed by atoms with Crippen molar-refractivity contribution in [1.29, 1.82) is 0 Å². The molecule has 2 aromatic rings. The van der Waals surface area contributed by atoms with E-state index in [0.29, 0.717) is 29.4 Å². The molecule has 6 nitrogen and oxygen atoms in total. The smallest absolute Gasteiger partial charge is 0.251 e. The van der Waals surface area contributed by atoms with Gasteiger partial charge in [-0.05, 0) is 49.4 Å². The van der Waals surface area contributed by atoms with Gasteiger partial charge in [-0.15, -0.1) is 0 Å². The summed E-state index contributed by atoms with van der Waals surface area (Å²) < 4.78 is 0. The first-order valence-electron chi connectivity index (χ1n) is 9.77. The van der Waals surface area contributed by atoms with Crippen LogP contribution in [0.3, 0.4) is 0 Å². The number of amides is 2. The van der Waals surface area contributed by atoms with Crippen LogP contribution < -0.4 is 9.80 Å². The van der Waals surface area contributed by atoms with Gasteiger partial charge in [0.1, 0.15) is 0 Å². The Hall–Kier alpha value is -2.41. The van der Waals surface area contributed by atoms with Gasteiger partial charge in [0, 0.05) is 42.5 Å². The highest BCUT2D eigenvalue weighted by Gasteiger charge is 2.44. The molecule has 2 aromatic carbocycles. The van der Waals surface area contributed by atoms with E-state index in [9.17, 15) is 14.4 Å². The summed E-state index contributed by atoms with van der Waals surface area (Å²) in [5.74, 6) is -0.457. The number of ketones is 1. The molecule has 0 N–H and O–H groups in total. The zero-order valence-electron chi connectivity index (χ0n) is 16.5. The number of hydrogen-bond acceptors (Lipinski definition) is 5. The minimum atomic E-state index is -0.480. The number of piperazine rings is 1. The van der Waals surface area contributed by atoms with Crippen LogP contribution in [0.4, 0.5) is 11.4 Å². The number of imide groups is 1. The van der Waals surface area contributed by atoms with Crippen LogP contribution in [-0.2, 0) is 9.59 Å². The van der Waals surface area contributed by atoms with Crippen LogP contribution in [-0.4, -0.2) is 54.7 Å². The molecule has 0 spiro atoms. The topological polar surface area (TPSA) is 60.9 Å². The summed E-state index contributed by atoms with van der Waals surface area (Å²) in [6.45, 7) is 4.35. The van der Waals surface area contributed by atoms with E-state index in [4.69, 9.17) is 23.2 Å². The fourth-order valence-corrected chi connectivity index (χ4v) is 4.51. The molecule has 4 rings (SSSR count). The predicted octanol–water partition coefficient (Wildman–Crippen LogP) is 3.65. The van der Waals surface area contributed by atoms with E-state index in [-0.39, 0.29) is 29.0 Å². The minimum Gasteiger partial charge on any atom is -0.369 e. The maximum absolute atomic E-state index is 13.0. The molecule has 2 fully saturated rings. The molecule has 2 aliphatic rings.